The van der Waals surface area contributed by atoms with Crippen molar-refractivity contribution in [1.82, 2.24) is 0 Å². The summed E-state index contributed by atoms with van der Waals surface area (Å²) in [7, 11) is 1.54. The Morgan fingerprint density at radius 1 is 1.08 bits per heavy atom. The molecule has 4 nitrogen and oxygen atoms in total. The first kappa shape index (κ1) is 31.3. The highest BCUT2D eigenvalue weighted by Crippen LogP contribution is 2.52. The van der Waals surface area contributed by atoms with Crippen LogP contribution in [0.5, 0.6) is 0 Å². The average Bonchev–Trinajstić information content (AvgIpc) is 2.90. The van der Waals surface area contributed by atoms with Crippen LogP contribution >= 0.6 is 0 Å². The molecule has 0 heterocycles. The maximum absolute atomic E-state index is 15.1. The van der Waals surface area contributed by atoms with Gasteiger partial charge in [-0.05, 0) is 62.8 Å². The molecule has 0 aromatic heterocycles. The zero-order valence-electron chi connectivity index (χ0n) is 22.1. The van der Waals surface area contributed by atoms with E-state index in [0.29, 0.717) is 32.3 Å². The van der Waals surface area contributed by atoms with Gasteiger partial charge in [-0.2, -0.15) is 17.6 Å². The van der Waals surface area contributed by atoms with Crippen molar-refractivity contribution in [2.45, 2.75) is 83.0 Å². The van der Waals surface area contributed by atoms with E-state index < -0.39 is 35.9 Å². The van der Waals surface area contributed by atoms with E-state index in [2.05, 4.69) is 13.5 Å². The third-order valence-electron chi connectivity index (χ3n) is 7.48. The molecule has 1 fully saturated rings. The molecule has 1 saturated carbocycles. The fourth-order valence-electron chi connectivity index (χ4n) is 5.00. The van der Waals surface area contributed by atoms with Crippen LogP contribution in [0, 0.1) is 17.8 Å². The van der Waals surface area contributed by atoms with E-state index >= 15 is 8.78 Å². The number of aliphatic hydroxyl groups is 1. The van der Waals surface area contributed by atoms with Crippen LogP contribution in [0.1, 0.15) is 75.8 Å². The summed E-state index contributed by atoms with van der Waals surface area (Å²) in [5, 5.41) is 8.96. The molecule has 1 unspecified atom stereocenters. The van der Waals surface area contributed by atoms with Crippen LogP contribution in [-0.2, 0) is 26.6 Å². The first-order valence-electron chi connectivity index (χ1n) is 13.4. The number of aliphatic hydroxyl groups excluding tert-OH is 1. The third-order valence-corrected chi connectivity index (χ3v) is 7.48. The van der Waals surface area contributed by atoms with Crippen LogP contribution in [-0.4, -0.2) is 43.9 Å². The van der Waals surface area contributed by atoms with E-state index in [4.69, 9.17) is 14.6 Å². The highest BCUT2D eigenvalue weighted by atomic mass is 19.3. The fraction of sp³-hybridized carbons (Fsp3) is 0.690. The maximum atomic E-state index is 15.1. The number of carbonyl (C=O) groups excluding carboxylic acids is 1. The van der Waals surface area contributed by atoms with Crippen LogP contribution in [0.25, 0.3) is 0 Å². The van der Waals surface area contributed by atoms with Crippen molar-refractivity contribution in [3.05, 3.63) is 47.5 Å². The van der Waals surface area contributed by atoms with Gasteiger partial charge in [-0.3, -0.25) is 0 Å². The molecule has 0 radical (unpaired) electrons. The number of aryl methyl sites for hydroxylation is 1. The van der Waals surface area contributed by atoms with Crippen molar-refractivity contribution < 1.29 is 36.9 Å². The molecule has 1 aromatic rings. The quantitative estimate of drug-likeness (QED) is 0.107. The Labute approximate surface area is 218 Å². The van der Waals surface area contributed by atoms with Crippen molar-refractivity contribution in [2.75, 3.05) is 26.9 Å². The molecule has 0 spiro atoms. The minimum absolute atomic E-state index is 0.0323. The van der Waals surface area contributed by atoms with Gasteiger partial charge in [0, 0.05) is 24.5 Å². The number of hydrogen-bond donors (Lipinski definition) is 1. The van der Waals surface area contributed by atoms with Crippen molar-refractivity contribution in [1.29, 1.82) is 0 Å². The monoisotopic (exact) mass is 530 g/mol. The number of methoxy groups -OCH3 is 1. The van der Waals surface area contributed by atoms with Crippen LogP contribution in [0.4, 0.5) is 17.6 Å². The molecule has 1 N–H and O–H groups in total. The normalized spacial score (nSPS) is 19.4. The van der Waals surface area contributed by atoms with Gasteiger partial charge in [0.05, 0.1) is 25.4 Å². The van der Waals surface area contributed by atoms with E-state index in [9.17, 15) is 13.6 Å². The summed E-state index contributed by atoms with van der Waals surface area (Å²) in [6.45, 7) is 5.48. The van der Waals surface area contributed by atoms with Gasteiger partial charge in [-0.15, -0.1) is 0 Å². The molecule has 8 heteroatoms. The van der Waals surface area contributed by atoms with E-state index in [1.54, 1.807) is 12.1 Å². The molecule has 1 aliphatic carbocycles. The van der Waals surface area contributed by atoms with E-state index in [-0.39, 0.29) is 36.9 Å². The SMILES string of the molecule is C=C(CO)C(=O)OCC(CCC1CCC(C(F)(F)C(F)(F)c2ccc(CCCCC)cc2)CC1)COC. The summed E-state index contributed by atoms with van der Waals surface area (Å²) in [6, 6.07) is 5.39. The van der Waals surface area contributed by atoms with Gasteiger partial charge in [-0.1, -0.05) is 50.6 Å². The number of benzene rings is 1. The summed E-state index contributed by atoms with van der Waals surface area (Å²) >= 11 is 0. The van der Waals surface area contributed by atoms with E-state index in [1.165, 1.54) is 7.11 Å². The minimum atomic E-state index is -4.22. The lowest BCUT2D eigenvalue weighted by Crippen LogP contribution is -2.45. The zero-order valence-corrected chi connectivity index (χ0v) is 22.1. The average molecular weight is 531 g/mol. The smallest absolute Gasteiger partial charge is 0.335 e. The first-order chi connectivity index (χ1) is 17.6. The lowest BCUT2D eigenvalue weighted by atomic mass is 9.74. The molecule has 0 aliphatic heterocycles. The molecule has 0 amide bonds. The van der Waals surface area contributed by atoms with Crippen molar-refractivity contribution >= 4 is 5.97 Å². The van der Waals surface area contributed by atoms with Crippen molar-refractivity contribution in [3.8, 4) is 0 Å². The lowest BCUT2D eigenvalue weighted by molar-refractivity contribution is -0.249. The number of hydrogen-bond acceptors (Lipinski definition) is 4. The Hall–Kier alpha value is -1.93. The predicted octanol–water partition coefficient (Wildman–Crippen LogP) is 7.09. The van der Waals surface area contributed by atoms with Gasteiger partial charge in [0.1, 0.15) is 0 Å². The van der Waals surface area contributed by atoms with E-state index in [1.807, 2.05) is 0 Å². The maximum Gasteiger partial charge on any atom is 0.335 e. The lowest BCUT2D eigenvalue weighted by Gasteiger charge is -2.38. The Bertz CT molecular complexity index is 833. The molecule has 2 rings (SSSR count). The third kappa shape index (κ3) is 8.81. The molecule has 210 valence electrons. The number of carbonyl (C=O) groups is 1. The second-order valence-corrected chi connectivity index (χ2v) is 10.3. The van der Waals surface area contributed by atoms with Crippen LogP contribution < -0.4 is 0 Å². The summed E-state index contributed by atoms with van der Waals surface area (Å²) in [5.41, 5.74) is 0.228. The molecular weight excluding hydrogens is 488 g/mol. The largest absolute Gasteiger partial charge is 0.462 e. The second-order valence-electron chi connectivity index (χ2n) is 10.3. The fourth-order valence-corrected chi connectivity index (χ4v) is 5.00. The Balaban J connectivity index is 1.88. The van der Waals surface area contributed by atoms with Crippen LogP contribution in [0.3, 0.4) is 0 Å². The molecule has 1 atom stereocenters. The van der Waals surface area contributed by atoms with Crippen LogP contribution in [0.2, 0.25) is 0 Å². The van der Waals surface area contributed by atoms with Crippen molar-refractivity contribution in [2.24, 2.45) is 17.8 Å². The number of halogens is 4. The predicted molar refractivity (Wildman–Crippen MR) is 136 cm³/mol. The Morgan fingerprint density at radius 2 is 1.73 bits per heavy atom. The summed E-state index contributed by atoms with van der Waals surface area (Å²) in [6.07, 6.45) is 6.15. The molecule has 0 saturated heterocycles. The molecule has 1 aromatic carbocycles. The Kier molecular flexibility index (Phi) is 12.6. The van der Waals surface area contributed by atoms with E-state index in [0.717, 1.165) is 43.4 Å². The van der Waals surface area contributed by atoms with Gasteiger partial charge in [0.2, 0.25) is 0 Å². The first-order valence-corrected chi connectivity index (χ1v) is 13.4. The Morgan fingerprint density at radius 3 is 2.30 bits per heavy atom. The number of esters is 1. The summed E-state index contributed by atoms with van der Waals surface area (Å²) in [4.78, 5) is 11.7. The second kappa shape index (κ2) is 14.9. The number of ether oxygens (including phenoxy) is 2. The topological polar surface area (TPSA) is 55.8 Å². The number of alkyl halides is 4. The van der Waals surface area contributed by atoms with Crippen LogP contribution in [0.15, 0.2) is 36.4 Å². The van der Waals surface area contributed by atoms with Gasteiger partial charge in [0.25, 0.3) is 0 Å². The number of rotatable bonds is 16. The van der Waals surface area contributed by atoms with Crippen molar-refractivity contribution in [3.63, 3.8) is 0 Å². The zero-order chi connectivity index (χ0) is 27.5. The summed E-state index contributed by atoms with van der Waals surface area (Å²) in [5.74, 6) is -10.3. The van der Waals surface area contributed by atoms with Gasteiger partial charge in [0.15, 0.2) is 0 Å². The van der Waals surface area contributed by atoms with Gasteiger partial charge in [-0.25, -0.2) is 4.79 Å². The molecule has 1 aliphatic rings. The highest BCUT2D eigenvalue weighted by Gasteiger charge is 2.61. The summed E-state index contributed by atoms with van der Waals surface area (Å²) < 4.78 is 70.5. The molecule has 37 heavy (non-hydrogen) atoms. The highest BCUT2D eigenvalue weighted by molar-refractivity contribution is 5.87. The van der Waals surface area contributed by atoms with Gasteiger partial charge < -0.3 is 14.6 Å². The molecular formula is C29H42F4O4. The standard InChI is InChI=1S/C29H42F4O4/c1-4-5-6-7-22-10-14-25(15-11-22)28(30,31)29(32,33)26-16-12-23(13-17-26)8-9-24(19-36-3)20-37-27(35)21(2)18-34/h10-11,14-15,23-24,26,34H,2,4-9,12-13,16-20H2,1,3H3. The minimum Gasteiger partial charge on any atom is -0.462 e. The van der Waals surface area contributed by atoms with Gasteiger partial charge >= 0.3 is 17.8 Å². The number of unbranched alkanes of at least 4 members (excludes halogenated alkanes) is 2. The molecule has 0 bridgehead atoms.